The first-order valence-electron chi connectivity index (χ1n) is 7.19. The van der Waals surface area contributed by atoms with Crippen LogP contribution in [-0.4, -0.2) is 55.6 Å². The van der Waals surface area contributed by atoms with Gasteiger partial charge in [0.15, 0.2) is 0 Å². The number of nitrogens with two attached hydrogens (primary N) is 1. The van der Waals surface area contributed by atoms with E-state index in [2.05, 4.69) is 15.0 Å². The molecular formula is C16H14N3NaO5S2. The number of nitrogens with zero attached hydrogens (tertiary/aromatic N) is 2. The molecule has 0 saturated heterocycles. The van der Waals surface area contributed by atoms with Crippen molar-refractivity contribution in [2.24, 2.45) is 10.2 Å². The summed E-state index contributed by atoms with van der Waals surface area (Å²) in [5.74, 6) is -0.556. The molecule has 3 N–H and O–H groups in total. The quantitative estimate of drug-likeness (QED) is 0.221. The van der Waals surface area contributed by atoms with Crippen molar-refractivity contribution in [1.29, 1.82) is 0 Å². The Morgan fingerprint density at radius 2 is 1.78 bits per heavy atom. The first-order valence-corrected chi connectivity index (χ1v) is 9.51. The standard InChI is InChI=1S/C16H13N3O5S2.Na.H/c1-24-16(20)15-11(6-7-25-15)18-19-12-8-13(26(21,22)23)9-4-2-3-5-10(9)14(12)17;;/h2-8H,17H2,1H3,(H,21,22,23);;. The third-order valence-electron chi connectivity index (χ3n) is 3.59. The number of fused-ring (bicyclic) bond motifs is 1. The van der Waals surface area contributed by atoms with Crippen LogP contribution in [0.5, 0.6) is 0 Å². The average Bonchev–Trinajstić information content (AvgIpc) is 3.08. The minimum absolute atomic E-state index is 0. The molecule has 27 heavy (non-hydrogen) atoms. The summed E-state index contributed by atoms with van der Waals surface area (Å²) in [7, 11) is -3.24. The number of benzene rings is 2. The number of thiophene rings is 1. The summed E-state index contributed by atoms with van der Waals surface area (Å²) in [6, 6.07) is 9.17. The topological polar surface area (TPSA) is 131 Å². The molecular weight excluding hydrogens is 401 g/mol. The zero-order valence-electron chi connectivity index (χ0n) is 13.4. The second kappa shape index (κ2) is 8.46. The summed E-state index contributed by atoms with van der Waals surface area (Å²) in [4.78, 5) is 11.6. The van der Waals surface area contributed by atoms with Crippen LogP contribution in [0.4, 0.5) is 17.1 Å². The van der Waals surface area contributed by atoms with Crippen LogP contribution in [-0.2, 0) is 14.9 Å². The molecule has 0 spiro atoms. The van der Waals surface area contributed by atoms with Gasteiger partial charge in [-0.3, -0.25) is 4.55 Å². The maximum atomic E-state index is 11.7. The van der Waals surface area contributed by atoms with Gasteiger partial charge in [-0.1, -0.05) is 24.3 Å². The van der Waals surface area contributed by atoms with Gasteiger partial charge in [0.1, 0.15) is 21.1 Å². The van der Waals surface area contributed by atoms with Gasteiger partial charge in [0.2, 0.25) is 0 Å². The summed E-state index contributed by atoms with van der Waals surface area (Å²) in [5.41, 5.74) is 6.60. The monoisotopic (exact) mass is 415 g/mol. The summed E-state index contributed by atoms with van der Waals surface area (Å²) < 4.78 is 37.6. The average molecular weight is 415 g/mol. The molecule has 3 rings (SSSR count). The fraction of sp³-hybridized carbons (Fsp3) is 0.0625. The van der Waals surface area contributed by atoms with Gasteiger partial charge in [-0.2, -0.15) is 8.42 Å². The molecule has 136 valence electrons. The number of nitrogen functional groups attached to an aromatic ring is 1. The van der Waals surface area contributed by atoms with Gasteiger partial charge in [0.05, 0.1) is 12.8 Å². The molecule has 0 bridgehead atoms. The van der Waals surface area contributed by atoms with Crippen molar-refractivity contribution >= 4 is 84.8 Å². The first-order chi connectivity index (χ1) is 12.3. The molecule has 2 aromatic carbocycles. The zero-order chi connectivity index (χ0) is 18.9. The summed E-state index contributed by atoms with van der Waals surface area (Å²) in [5, 5.41) is 10.3. The van der Waals surface area contributed by atoms with Crippen molar-refractivity contribution in [1.82, 2.24) is 0 Å². The Morgan fingerprint density at radius 3 is 2.41 bits per heavy atom. The number of azo groups is 1. The predicted molar refractivity (Wildman–Crippen MR) is 105 cm³/mol. The van der Waals surface area contributed by atoms with Crippen LogP contribution in [0, 0.1) is 0 Å². The molecule has 0 aliphatic heterocycles. The fourth-order valence-corrected chi connectivity index (χ4v) is 3.84. The number of hydrogen-bond acceptors (Lipinski definition) is 8. The third kappa shape index (κ3) is 4.37. The van der Waals surface area contributed by atoms with E-state index in [4.69, 9.17) is 5.73 Å². The summed E-state index contributed by atoms with van der Waals surface area (Å²) in [6.45, 7) is 0. The van der Waals surface area contributed by atoms with Gasteiger partial charge in [0.25, 0.3) is 10.1 Å². The molecule has 0 radical (unpaired) electrons. The normalized spacial score (nSPS) is 11.5. The molecule has 0 aliphatic carbocycles. The zero-order valence-corrected chi connectivity index (χ0v) is 15.0. The molecule has 11 heteroatoms. The molecule has 0 fully saturated rings. The maximum absolute atomic E-state index is 11.7. The van der Waals surface area contributed by atoms with Gasteiger partial charge in [-0.05, 0) is 17.5 Å². The molecule has 0 saturated carbocycles. The second-order valence-electron chi connectivity index (χ2n) is 5.15. The number of carbonyl (C=O) groups is 1. The SMILES string of the molecule is COC(=O)c1sccc1N=Nc1cc(S(=O)(=O)O)c2ccccc2c1N.[NaH]. The molecule has 1 aromatic heterocycles. The van der Waals surface area contributed by atoms with Gasteiger partial charge in [-0.25, -0.2) is 4.79 Å². The van der Waals surface area contributed by atoms with Gasteiger partial charge in [0, 0.05) is 10.8 Å². The van der Waals surface area contributed by atoms with Crippen LogP contribution >= 0.6 is 11.3 Å². The van der Waals surface area contributed by atoms with E-state index in [1.165, 1.54) is 13.2 Å². The van der Waals surface area contributed by atoms with Crippen molar-refractivity contribution in [2.75, 3.05) is 12.8 Å². The number of esters is 1. The van der Waals surface area contributed by atoms with Crippen molar-refractivity contribution in [3.05, 3.63) is 46.7 Å². The number of methoxy groups -OCH3 is 1. The molecule has 1 heterocycles. The Labute approximate surface area is 181 Å². The van der Waals surface area contributed by atoms with Gasteiger partial charge < -0.3 is 10.5 Å². The van der Waals surface area contributed by atoms with Crippen molar-refractivity contribution in [3.8, 4) is 0 Å². The number of anilines is 1. The molecule has 0 amide bonds. The first kappa shape index (κ1) is 21.5. The van der Waals surface area contributed by atoms with Gasteiger partial charge >= 0.3 is 35.5 Å². The second-order valence-corrected chi connectivity index (χ2v) is 7.46. The van der Waals surface area contributed by atoms with E-state index in [1.54, 1.807) is 29.6 Å². The predicted octanol–water partition coefficient (Wildman–Crippen LogP) is 3.28. The minimum atomic E-state index is -4.50. The Hall–Kier alpha value is -1.82. The third-order valence-corrected chi connectivity index (χ3v) is 5.36. The van der Waals surface area contributed by atoms with Crippen LogP contribution in [0.3, 0.4) is 0 Å². The van der Waals surface area contributed by atoms with Crippen LogP contribution in [0.2, 0.25) is 0 Å². The fourth-order valence-electron chi connectivity index (χ4n) is 2.38. The molecule has 0 aliphatic rings. The van der Waals surface area contributed by atoms with E-state index in [9.17, 15) is 17.8 Å². The van der Waals surface area contributed by atoms with E-state index in [0.29, 0.717) is 5.39 Å². The number of carbonyl (C=O) groups excluding carboxylic acids is 1. The van der Waals surface area contributed by atoms with Crippen LogP contribution in [0.25, 0.3) is 10.8 Å². The van der Waals surface area contributed by atoms with E-state index in [1.807, 2.05) is 0 Å². The van der Waals surface area contributed by atoms with E-state index in [0.717, 1.165) is 17.4 Å². The molecule has 3 aromatic rings. The Morgan fingerprint density at radius 1 is 1.15 bits per heavy atom. The van der Waals surface area contributed by atoms with Crippen LogP contribution in [0.15, 0.2) is 56.9 Å². The molecule has 0 unspecified atom stereocenters. The van der Waals surface area contributed by atoms with Crippen molar-refractivity contribution in [2.45, 2.75) is 4.90 Å². The van der Waals surface area contributed by atoms with Crippen molar-refractivity contribution < 1.29 is 22.5 Å². The van der Waals surface area contributed by atoms with E-state index in [-0.39, 0.29) is 61.8 Å². The summed E-state index contributed by atoms with van der Waals surface area (Å²) >= 11 is 1.14. The number of ether oxygens (including phenoxy) is 1. The van der Waals surface area contributed by atoms with Gasteiger partial charge in [-0.15, -0.1) is 21.6 Å². The Kier molecular flexibility index (Phi) is 6.73. The number of hydrogen-bond donors (Lipinski definition) is 2. The molecule has 8 nitrogen and oxygen atoms in total. The van der Waals surface area contributed by atoms with E-state index < -0.39 is 16.1 Å². The summed E-state index contributed by atoms with van der Waals surface area (Å²) in [6.07, 6.45) is 0. The van der Waals surface area contributed by atoms with E-state index >= 15 is 0 Å². The van der Waals surface area contributed by atoms with Crippen LogP contribution < -0.4 is 5.73 Å². The molecule has 0 atom stereocenters. The van der Waals surface area contributed by atoms with Crippen LogP contribution in [0.1, 0.15) is 9.67 Å². The Balaban J connectivity index is 0.00000261. The Bertz CT molecular complexity index is 1140. The number of rotatable bonds is 4. The van der Waals surface area contributed by atoms with Crippen molar-refractivity contribution in [3.63, 3.8) is 0 Å².